The second-order valence-electron chi connectivity index (χ2n) is 5.66. The van der Waals surface area contributed by atoms with Crippen LogP contribution in [0.25, 0.3) is 6.08 Å². The minimum Gasteiger partial charge on any atom is -0.494 e. The summed E-state index contributed by atoms with van der Waals surface area (Å²) >= 11 is 10.6. The number of hydrogen-bond acceptors (Lipinski definition) is 2. The van der Waals surface area contributed by atoms with Crippen LogP contribution in [-0.2, 0) is 4.79 Å². The number of halogens is 3. The van der Waals surface area contributed by atoms with Crippen molar-refractivity contribution in [1.29, 1.82) is 0 Å². The van der Waals surface area contributed by atoms with Gasteiger partial charge in [-0.25, -0.2) is 0 Å². The van der Waals surface area contributed by atoms with Crippen molar-refractivity contribution < 1.29 is 14.4 Å². The highest BCUT2D eigenvalue weighted by Crippen LogP contribution is 2.40. The molecule has 23 heavy (non-hydrogen) atoms. The third kappa shape index (κ3) is 4.18. The number of likely N-dealkylation sites (N-methyl/N-ethyl adjacent to an activating group) is 2. The van der Waals surface area contributed by atoms with Crippen LogP contribution in [0.4, 0.5) is 0 Å². The predicted octanol–water partition coefficient (Wildman–Crippen LogP) is 3.09. The van der Waals surface area contributed by atoms with E-state index in [1.165, 1.54) is 4.90 Å². The molecule has 1 aliphatic rings. The van der Waals surface area contributed by atoms with Crippen LogP contribution in [0.3, 0.4) is 0 Å². The Bertz CT molecular complexity index is 634. The molecule has 0 aliphatic carbocycles. The fourth-order valence-corrected chi connectivity index (χ4v) is 5.48. The van der Waals surface area contributed by atoms with E-state index in [-0.39, 0.29) is 11.9 Å². The lowest BCUT2D eigenvalue weighted by Gasteiger charge is -2.20. The van der Waals surface area contributed by atoms with Gasteiger partial charge in [0, 0.05) is 36.1 Å². The second kappa shape index (κ2) is 8.14. The summed E-state index contributed by atoms with van der Waals surface area (Å²) in [6.07, 6.45) is 5.79. The van der Waals surface area contributed by atoms with Gasteiger partial charge in [-0.15, -0.1) is 0 Å². The Kier molecular flexibility index (Phi) is 6.71. The number of quaternary nitrogens is 1. The Morgan fingerprint density at radius 3 is 2.65 bits per heavy atom. The second-order valence-corrected chi connectivity index (χ2v) is 8.16. The molecule has 1 heterocycles. The largest absolute Gasteiger partial charge is 0.494 e. The number of rotatable bonds is 4. The molecule has 2 atom stereocenters. The van der Waals surface area contributed by atoms with Gasteiger partial charge in [-0.1, -0.05) is 15.9 Å². The number of hydrogen-bond donors (Lipinski definition) is 1. The van der Waals surface area contributed by atoms with Gasteiger partial charge >= 0.3 is 0 Å². The number of methoxy groups -OCH3 is 1. The van der Waals surface area contributed by atoms with Gasteiger partial charge in [-0.05, 0) is 44.0 Å². The molecule has 0 spiro atoms. The van der Waals surface area contributed by atoms with Gasteiger partial charge in [0.1, 0.15) is 5.75 Å². The van der Waals surface area contributed by atoms with Crippen LogP contribution in [0.5, 0.6) is 5.75 Å². The molecule has 2 rings (SSSR count). The van der Waals surface area contributed by atoms with E-state index < -0.39 is 0 Å². The maximum absolute atomic E-state index is 12.5. The summed E-state index contributed by atoms with van der Waals surface area (Å²) in [6.45, 7) is 1.06. The maximum Gasteiger partial charge on any atom is 0.284 e. The first-order valence-corrected chi connectivity index (χ1v) is 9.73. The summed E-state index contributed by atoms with van der Waals surface area (Å²) in [5.74, 6) is 0.884. The zero-order valence-corrected chi connectivity index (χ0v) is 18.1. The van der Waals surface area contributed by atoms with Crippen LogP contribution in [0.2, 0.25) is 0 Å². The summed E-state index contributed by atoms with van der Waals surface area (Å²) in [7, 11) is 5.52. The third-order valence-corrected chi connectivity index (χ3v) is 6.17. The summed E-state index contributed by atoms with van der Waals surface area (Å²) in [4.78, 5) is 15.5. The quantitative estimate of drug-likeness (QED) is 0.674. The summed E-state index contributed by atoms with van der Waals surface area (Å²) in [5.41, 5.74) is 0.928. The summed E-state index contributed by atoms with van der Waals surface area (Å²) in [6, 6.07) is 2.00. The molecule has 0 aromatic heterocycles. The molecule has 1 fully saturated rings. The first-order chi connectivity index (χ1) is 10.9. The van der Waals surface area contributed by atoms with Crippen molar-refractivity contribution in [2.24, 2.45) is 0 Å². The lowest BCUT2D eigenvalue weighted by atomic mass is 10.2. The molecule has 1 saturated heterocycles. The van der Waals surface area contributed by atoms with Crippen molar-refractivity contribution in [3.05, 3.63) is 31.2 Å². The molecule has 7 heteroatoms. The SMILES string of the molecule is COc1c(Br)cc(Br)c(/C=C\N(C)C(=O)[C@@H]2CCC[NH+]2C)c1Br. The first-order valence-electron chi connectivity index (χ1n) is 7.35. The Morgan fingerprint density at radius 2 is 2.09 bits per heavy atom. The number of carbonyl (C=O) groups excluding carboxylic acids is 1. The lowest BCUT2D eigenvalue weighted by Crippen LogP contribution is -3.12. The van der Waals surface area contributed by atoms with Crippen molar-refractivity contribution in [1.82, 2.24) is 4.90 Å². The van der Waals surface area contributed by atoms with Gasteiger partial charge in [0.25, 0.3) is 5.91 Å². The van der Waals surface area contributed by atoms with Crippen LogP contribution in [-0.4, -0.2) is 44.6 Å². The molecule has 0 saturated carbocycles. The van der Waals surface area contributed by atoms with Crippen LogP contribution in [0.15, 0.2) is 25.7 Å². The molecule has 1 aromatic rings. The highest BCUT2D eigenvalue weighted by Gasteiger charge is 2.33. The van der Waals surface area contributed by atoms with Gasteiger partial charge < -0.3 is 14.5 Å². The monoisotopic (exact) mass is 509 g/mol. The Hall–Kier alpha value is -0.370. The van der Waals surface area contributed by atoms with Crippen molar-refractivity contribution in [3.8, 4) is 5.75 Å². The average molecular weight is 512 g/mol. The fraction of sp³-hybridized carbons (Fsp3) is 0.438. The van der Waals surface area contributed by atoms with Crippen molar-refractivity contribution >= 4 is 59.8 Å². The standard InChI is InChI=1S/C16H19Br3N2O2/c1-20-7-4-5-13(20)16(22)21(2)8-6-10-11(17)9-12(18)15(23-3)14(10)19/h6,8-9,13H,4-5,7H2,1-3H3/p+1/b8-6-/t13-/m0/s1. The van der Waals surface area contributed by atoms with Crippen molar-refractivity contribution in [2.45, 2.75) is 18.9 Å². The van der Waals surface area contributed by atoms with Crippen LogP contribution >= 0.6 is 47.8 Å². The molecule has 0 bridgehead atoms. The van der Waals surface area contributed by atoms with Gasteiger partial charge in [0.2, 0.25) is 0 Å². The number of amides is 1. The normalized spacial score (nSPS) is 21.0. The fourth-order valence-electron chi connectivity index (χ4n) is 2.77. The van der Waals surface area contributed by atoms with Gasteiger partial charge in [0.15, 0.2) is 6.04 Å². The molecule has 4 nitrogen and oxygen atoms in total. The van der Waals surface area contributed by atoms with E-state index in [0.717, 1.165) is 44.1 Å². The van der Waals surface area contributed by atoms with E-state index in [2.05, 4.69) is 54.8 Å². The van der Waals surface area contributed by atoms with E-state index >= 15 is 0 Å². The van der Waals surface area contributed by atoms with Crippen LogP contribution in [0.1, 0.15) is 18.4 Å². The minimum absolute atomic E-state index is 0.0657. The molecule has 126 valence electrons. The first kappa shape index (κ1) is 19.0. The molecule has 1 N–H and O–H groups in total. The Balaban J connectivity index is 2.21. The number of benzene rings is 1. The molecule has 1 amide bonds. The molecule has 1 aromatic carbocycles. The number of carbonyl (C=O) groups is 1. The predicted molar refractivity (Wildman–Crippen MR) is 103 cm³/mol. The van der Waals surface area contributed by atoms with E-state index in [1.807, 2.05) is 25.4 Å². The van der Waals surface area contributed by atoms with Crippen LogP contribution < -0.4 is 9.64 Å². The summed E-state index contributed by atoms with van der Waals surface area (Å²) < 4.78 is 8.00. The van der Waals surface area contributed by atoms with Gasteiger partial charge in [-0.3, -0.25) is 4.79 Å². The third-order valence-electron chi connectivity index (χ3n) is 4.14. The Labute approximate surface area is 162 Å². The Morgan fingerprint density at radius 1 is 1.39 bits per heavy atom. The maximum atomic E-state index is 12.5. The van der Waals surface area contributed by atoms with E-state index in [1.54, 1.807) is 12.0 Å². The van der Waals surface area contributed by atoms with Gasteiger partial charge in [-0.2, -0.15) is 0 Å². The molecule has 1 unspecified atom stereocenters. The van der Waals surface area contributed by atoms with Crippen molar-refractivity contribution in [2.75, 3.05) is 27.7 Å². The molecular weight excluding hydrogens is 492 g/mol. The average Bonchev–Trinajstić information content (AvgIpc) is 2.92. The number of nitrogens with zero attached hydrogens (tertiary/aromatic N) is 1. The molecule has 0 radical (unpaired) electrons. The number of nitrogens with one attached hydrogen (secondary N) is 1. The number of ether oxygens (including phenoxy) is 1. The highest BCUT2D eigenvalue weighted by molar-refractivity contribution is 9.11. The minimum atomic E-state index is 0.0657. The number of likely N-dealkylation sites (tertiary alicyclic amines) is 1. The van der Waals surface area contributed by atoms with Crippen LogP contribution in [0, 0.1) is 0 Å². The molecular formula is C16H20Br3N2O2+. The smallest absolute Gasteiger partial charge is 0.284 e. The van der Waals surface area contributed by atoms with E-state index in [9.17, 15) is 4.79 Å². The topological polar surface area (TPSA) is 34.0 Å². The van der Waals surface area contributed by atoms with E-state index in [0.29, 0.717) is 0 Å². The summed E-state index contributed by atoms with van der Waals surface area (Å²) in [5, 5.41) is 0. The zero-order valence-electron chi connectivity index (χ0n) is 13.3. The van der Waals surface area contributed by atoms with Gasteiger partial charge in [0.05, 0.1) is 29.6 Å². The van der Waals surface area contributed by atoms with E-state index in [4.69, 9.17) is 4.74 Å². The molecule has 1 aliphatic heterocycles. The highest BCUT2D eigenvalue weighted by atomic mass is 79.9. The van der Waals surface area contributed by atoms with Crippen molar-refractivity contribution in [3.63, 3.8) is 0 Å². The zero-order chi connectivity index (χ0) is 17.1. The lowest BCUT2D eigenvalue weighted by molar-refractivity contribution is -0.882.